The van der Waals surface area contributed by atoms with E-state index in [1.807, 2.05) is 0 Å². The summed E-state index contributed by atoms with van der Waals surface area (Å²) in [5.74, 6) is 0. The second-order valence-corrected chi connectivity index (χ2v) is 8.71. The maximum absolute atomic E-state index is 12.4. The Morgan fingerprint density at radius 3 is 2.29 bits per heavy atom. The molecular formula is C13H10F3NO5S2. The number of hydrogen-bond acceptors (Lipinski definition) is 5. The third-order valence-corrected chi connectivity index (χ3v) is 6.60. The standard InChI is InChI=1S/C13H10F3NO5S2/c14-13(15,16)24(20,21)17-23(18,19)9-5-8-3-1-2-4-10(8)11(6-9)12-7-22-12/h1-6,12,17H,7H2. The number of epoxide rings is 1. The minimum atomic E-state index is -6.04. The fraction of sp³-hybridized carbons (Fsp3) is 0.231. The summed E-state index contributed by atoms with van der Waals surface area (Å²) in [6.45, 7) is 0.349. The van der Waals surface area contributed by atoms with Gasteiger partial charge in [0, 0.05) is 0 Å². The van der Waals surface area contributed by atoms with Gasteiger partial charge in [-0.15, -0.1) is 0 Å². The van der Waals surface area contributed by atoms with E-state index in [4.69, 9.17) is 4.74 Å². The Bertz CT molecular complexity index is 1010. The van der Waals surface area contributed by atoms with Crippen LogP contribution in [0.4, 0.5) is 13.2 Å². The molecule has 130 valence electrons. The van der Waals surface area contributed by atoms with E-state index in [0.29, 0.717) is 22.9 Å². The van der Waals surface area contributed by atoms with Crippen molar-refractivity contribution in [1.29, 1.82) is 0 Å². The summed E-state index contributed by atoms with van der Waals surface area (Å²) in [5, 5.41) is 1.12. The number of rotatable bonds is 4. The van der Waals surface area contributed by atoms with Gasteiger partial charge in [-0.05, 0) is 28.5 Å². The van der Waals surface area contributed by atoms with Gasteiger partial charge >= 0.3 is 15.5 Å². The smallest absolute Gasteiger partial charge is 0.368 e. The van der Waals surface area contributed by atoms with Crippen molar-refractivity contribution in [3.8, 4) is 0 Å². The van der Waals surface area contributed by atoms with E-state index in [1.54, 1.807) is 24.3 Å². The number of halogens is 3. The summed E-state index contributed by atoms with van der Waals surface area (Å²) in [7, 11) is -11.0. The lowest BCUT2D eigenvalue weighted by atomic mass is 10.0. The first-order valence-electron chi connectivity index (χ1n) is 6.50. The Hall–Kier alpha value is -1.69. The molecule has 0 aliphatic carbocycles. The molecule has 1 N–H and O–H groups in total. The molecule has 0 aromatic heterocycles. The highest BCUT2D eigenvalue weighted by Crippen LogP contribution is 2.37. The van der Waals surface area contributed by atoms with Crippen molar-refractivity contribution in [2.24, 2.45) is 0 Å². The molecule has 11 heteroatoms. The lowest BCUT2D eigenvalue weighted by molar-refractivity contribution is -0.0441. The number of nitrogens with one attached hydrogen (secondary N) is 1. The molecular weight excluding hydrogens is 371 g/mol. The Morgan fingerprint density at radius 1 is 1.08 bits per heavy atom. The van der Waals surface area contributed by atoms with Crippen LogP contribution < -0.4 is 4.13 Å². The van der Waals surface area contributed by atoms with Crippen LogP contribution in [0.1, 0.15) is 11.7 Å². The van der Waals surface area contributed by atoms with E-state index < -0.39 is 30.5 Å². The molecule has 1 atom stereocenters. The largest absolute Gasteiger partial charge is 0.512 e. The highest BCUT2D eigenvalue weighted by Gasteiger charge is 2.48. The van der Waals surface area contributed by atoms with E-state index in [0.717, 1.165) is 16.3 Å². The van der Waals surface area contributed by atoms with E-state index in [1.165, 1.54) is 0 Å². The highest BCUT2D eigenvalue weighted by molar-refractivity contribution is 8.05. The Balaban J connectivity index is 2.12. The Kier molecular flexibility index (Phi) is 3.86. The predicted molar refractivity (Wildman–Crippen MR) is 77.9 cm³/mol. The van der Waals surface area contributed by atoms with Gasteiger partial charge in [0.2, 0.25) is 0 Å². The third kappa shape index (κ3) is 3.11. The second kappa shape index (κ2) is 5.41. The van der Waals surface area contributed by atoms with E-state index in [9.17, 15) is 30.0 Å². The minimum absolute atomic E-state index is 0.349. The lowest BCUT2D eigenvalue weighted by Crippen LogP contribution is -2.40. The number of benzene rings is 2. The van der Waals surface area contributed by atoms with Gasteiger partial charge in [0.25, 0.3) is 10.0 Å². The molecule has 1 aliphatic heterocycles. The first kappa shape index (κ1) is 17.1. The van der Waals surface area contributed by atoms with E-state index in [-0.39, 0.29) is 6.10 Å². The van der Waals surface area contributed by atoms with Crippen molar-refractivity contribution < 1.29 is 34.7 Å². The molecule has 24 heavy (non-hydrogen) atoms. The molecule has 0 radical (unpaired) electrons. The van der Waals surface area contributed by atoms with Crippen LogP contribution in [0.2, 0.25) is 0 Å². The molecule has 1 heterocycles. The monoisotopic (exact) mass is 381 g/mol. The van der Waals surface area contributed by atoms with Gasteiger partial charge < -0.3 is 4.74 Å². The van der Waals surface area contributed by atoms with Crippen molar-refractivity contribution in [3.63, 3.8) is 0 Å². The number of ether oxygens (including phenoxy) is 1. The zero-order chi connectivity index (χ0) is 17.8. The maximum Gasteiger partial charge on any atom is 0.512 e. The van der Waals surface area contributed by atoms with Gasteiger partial charge in [-0.1, -0.05) is 28.4 Å². The fourth-order valence-corrected chi connectivity index (χ4v) is 4.68. The Labute approximate surface area is 135 Å². The second-order valence-electron chi connectivity index (χ2n) is 5.09. The fourth-order valence-electron chi connectivity index (χ4n) is 2.20. The van der Waals surface area contributed by atoms with Crippen LogP contribution in [-0.2, 0) is 24.8 Å². The molecule has 2 aromatic carbocycles. The molecule has 0 spiro atoms. The molecule has 0 saturated carbocycles. The quantitative estimate of drug-likeness (QED) is 0.818. The van der Waals surface area contributed by atoms with Gasteiger partial charge in [0.05, 0.1) is 11.5 Å². The van der Waals surface area contributed by atoms with Gasteiger partial charge in [0.1, 0.15) is 6.10 Å². The summed E-state index contributed by atoms with van der Waals surface area (Å²) in [5.41, 5.74) is -5.27. The van der Waals surface area contributed by atoms with Crippen molar-refractivity contribution >= 4 is 30.8 Å². The van der Waals surface area contributed by atoms with Crippen LogP contribution in [0.15, 0.2) is 41.3 Å². The molecule has 1 unspecified atom stereocenters. The lowest BCUT2D eigenvalue weighted by Gasteiger charge is -2.12. The van der Waals surface area contributed by atoms with E-state index >= 15 is 0 Å². The van der Waals surface area contributed by atoms with Crippen molar-refractivity contribution in [2.75, 3.05) is 6.61 Å². The normalized spacial score (nSPS) is 18.7. The van der Waals surface area contributed by atoms with Crippen LogP contribution in [0.25, 0.3) is 10.8 Å². The molecule has 1 saturated heterocycles. The highest BCUT2D eigenvalue weighted by atomic mass is 32.3. The minimum Gasteiger partial charge on any atom is -0.368 e. The first-order valence-corrected chi connectivity index (χ1v) is 9.47. The zero-order valence-electron chi connectivity index (χ0n) is 11.7. The van der Waals surface area contributed by atoms with Gasteiger partial charge in [-0.25, -0.2) is 16.8 Å². The third-order valence-electron chi connectivity index (χ3n) is 3.38. The molecule has 1 aliphatic rings. The number of sulfonamides is 2. The molecule has 1 fully saturated rings. The van der Waals surface area contributed by atoms with Crippen LogP contribution in [0, 0.1) is 0 Å². The molecule has 2 aromatic rings. The zero-order valence-corrected chi connectivity index (χ0v) is 13.4. The number of fused-ring (bicyclic) bond motifs is 1. The summed E-state index contributed by atoms with van der Waals surface area (Å²) >= 11 is 0. The molecule has 3 rings (SSSR count). The van der Waals surface area contributed by atoms with Gasteiger partial charge in [0.15, 0.2) is 0 Å². The summed E-state index contributed by atoms with van der Waals surface area (Å²) < 4.78 is 89.5. The first-order chi connectivity index (χ1) is 11.0. The summed E-state index contributed by atoms with van der Waals surface area (Å²) in [4.78, 5) is -0.584. The Morgan fingerprint density at radius 2 is 1.71 bits per heavy atom. The van der Waals surface area contributed by atoms with Crippen LogP contribution in [0.5, 0.6) is 0 Å². The van der Waals surface area contributed by atoms with Crippen LogP contribution >= 0.6 is 0 Å². The average Bonchev–Trinajstić information content (AvgIpc) is 3.28. The van der Waals surface area contributed by atoms with Crippen LogP contribution in [0.3, 0.4) is 0 Å². The predicted octanol–water partition coefficient (Wildman–Crippen LogP) is 2.04. The van der Waals surface area contributed by atoms with Crippen molar-refractivity contribution in [3.05, 3.63) is 42.0 Å². The molecule has 0 amide bonds. The van der Waals surface area contributed by atoms with Crippen molar-refractivity contribution in [2.45, 2.75) is 16.5 Å². The average molecular weight is 381 g/mol. The summed E-state index contributed by atoms with van der Waals surface area (Å²) in [6, 6.07) is 8.84. The van der Waals surface area contributed by atoms with Crippen LogP contribution in [-0.4, -0.2) is 29.0 Å². The van der Waals surface area contributed by atoms with Crippen molar-refractivity contribution in [1.82, 2.24) is 4.13 Å². The molecule has 6 nitrogen and oxygen atoms in total. The van der Waals surface area contributed by atoms with E-state index in [2.05, 4.69) is 0 Å². The molecule has 0 bridgehead atoms. The topological polar surface area (TPSA) is 92.8 Å². The van der Waals surface area contributed by atoms with Gasteiger partial charge in [-0.3, -0.25) is 0 Å². The number of alkyl halides is 3. The van der Waals surface area contributed by atoms with Gasteiger partial charge in [-0.2, -0.15) is 13.2 Å². The SMILES string of the molecule is O=S(=O)(NS(=O)(=O)C(F)(F)F)c1cc(C2CO2)c2ccccc2c1. The summed E-state index contributed by atoms with van der Waals surface area (Å²) in [6.07, 6.45) is -0.371. The maximum atomic E-state index is 12.4. The number of hydrogen-bond donors (Lipinski definition) is 1.